The highest BCUT2D eigenvalue weighted by atomic mass is 16.8. The second-order valence-electron chi connectivity index (χ2n) is 2.82. The lowest BCUT2D eigenvalue weighted by Gasteiger charge is -1.96. The fourth-order valence-electron chi connectivity index (χ4n) is 1.45. The monoisotopic (exact) mass is 164 g/mol. The third kappa shape index (κ3) is 0.897. The minimum atomic E-state index is -0.0568. The zero-order chi connectivity index (χ0) is 8.55. The first kappa shape index (κ1) is 7.28. The number of benzene rings is 1. The largest absolute Gasteiger partial charge is 0.323 e. The summed E-state index contributed by atoms with van der Waals surface area (Å²) in [6.45, 7) is 2.00. The maximum absolute atomic E-state index is 11.1. The fourth-order valence-corrected chi connectivity index (χ4v) is 1.45. The van der Waals surface area contributed by atoms with Gasteiger partial charge >= 0.3 is 5.69 Å². The molecule has 0 aromatic heterocycles. The summed E-state index contributed by atoms with van der Waals surface area (Å²) in [6, 6.07) is 7.47. The molecule has 1 aromatic carbocycles. The highest BCUT2D eigenvalue weighted by Crippen LogP contribution is 2.36. The van der Waals surface area contributed by atoms with Gasteiger partial charge in [-0.15, -0.1) is 0 Å². The summed E-state index contributed by atoms with van der Waals surface area (Å²) >= 11 is 0. The molecule has 0 bridgehead atoms. The molecule has 2 rings (SSSR count). The molecule has 1 heterocycles. The molecule has 0 N–H and O–H groups in total. The molecular weight excluding hydrogens is 154 g/mol. The quantitative estimate of drug-likeness (QED) is 0.638. The first-order valence-electron chi connectivity index (χ1n) is 4.06. The topological polar surface area (TPSA) is 29.3 Å². The van der Waals surface area contributed by atoms with Gasteiger partial charge in [-0.3, -0.25) is 0 Å². The Hall–Kier alpha value is -1.38. The van der Waals surface area contributed by atoms with E-state index in [0.717, 1.165) is 12.0 Å². The van der Waals surface area contributed by atoms with Crippen LogP contribution in [0.25, 0.3) is 0 Å². The lowest BCUT2D eigenvalue weighted by Crippen LogP contribution is -1.96. The number of nitrogens with zero attached hydrogens (tertiary/aromatic N) is 1. The van der Waals surface area contributed by atoms with Crippen LogP contribution < -0.4 is 0 Å². The third-order valence-electron chi connectivity index (χ3n) is 2.07. The van der Waals surface area contributed by atoms with Crippen molar-refractivity contribution < 1.29 is 9.76 Å². The van der Waals surface area contributed by atoms with Crippen LogP contribution in [0.4, 0.5) is 5.69 Å². The minimum absolute atomic E-state index is 0.0568. The lowest BCUT2D eigenvalue weighted by atomic mass is 10.1. The van der Waals surface area contributed by atoms with Crippen molar-refractivity contribution >= 4 is 5.69 Å². The number of para-hydroxylation sites is 1. The summed E-state index contributed by atoms with van der Waals surface area (Å²) in [5, 5.41) is 0. The van der Waals surface area contributed by atoms with E-state index in [1.807, 2.05) is 25.1 Å². The average molecular weight is 164 g/mol. The second-order valence-corrected chi connectivity index (χ2v) is 2.82. The normalized spacial score (nSPS) is 20.4. The molecule has 0 radical (unpaired) electrons. The number of hydrogen-bond donors (Lipinski definition) is 0. The Balaban J connectivity index is 2.50. The molecule has 1 unspecified atom stereocenters. The maximum Gasteiger partial charge on any atom is 0.323 e. The van der Waals surface area contributed by atoms with Gasteiger partial charge < -0.3 is 0 Å². The molecule has 1 atom stereocenters. The zero-order valence-electron chi connectivity index (χ0n) is 6.86. The summed E-state index contributed by atoms with van der Waals surface area (Å²) < 4.78 is 0. The van der Waals surface area contributed by atoms with Gasteiger partial charge in [0.25, 0.3) is 4.92 Å². The molecule has 0 saturated carbocycles. The van der Waals surface area contributed by atoms with Crippen LogP contribution in [0.1, 0.15) is 25.0 Å². The highest BCUT2D eigenvalue weighted by molar-refractivity contribution is 5.42. The van der Waals surface area contributed by atoms with E-state index in [2.05, 4.69) is 0 Å². The molecule has 1 aromatic rings. The van der Waals surface area contributed by atoms with E-state index >= 15 is 0 Å². The van der Waals surface area contributed by atoms with Gasteiger partial charge in [-0.1, -0.05) is 19.1 Å². The predicted octanol–water partition coefficient (Wildman–Crippen LogP) is 2.49. The molecule has 0 aliphatic carbocycles. The number of fused-ring (bicyclic) bond motifs is 1. The molecule has 0 spiro atoms. The van der Waals surface area contributed by atoms with E-state index in [1.165, 1.54) is 0 Å². The van der Waals surface area contributed by atoms with Crippen LogP contribution in [-0.4, -0.2) is 4.92 Å². The van der Waals surface area contributed by atoms with E-state index in [-0.39, 0.29) is 6.10 Å². The number of rotatable bonds is 1. The molecule has 1 aliphatic heterocycles. The van der Waals surface area contributed by atoms with E-state index < -0.39 is 0 Å². The Kier molecular flexibility index (Phi) is 1.57. The van der Waals surface area contributed by atoms with Crippen LogP contribution in [0.5, 0.6) is 0 Å². The van der Waals surface area contributed by atoms with Crippen LogP contribution in [0, 0.1) is 4.91 Å². The number of hydrogen-bond acceptors (Lipinski definition) is 2. The van der Waals surface area contributed by atoms with E-state index in [4.69, 9.17) is 4.84 Å². The summed E-state index contributed by atoms with van der Waals surface area (Å²) in [4.78, 5) is 16.8. The first-order chi connectivity index (χ1) is 5.83. The smallest absolute Gasteiger partial charge is 0.218 e. The van der Waals surface area contributed by atoms with Crippen LogP contribution in [0.3, 0.4) is 0 Å². The first-order valence-corrected chi connectivity index (χ1v) is 4.06. The summed E-state index contributed by atoms with van der Waals surface area (Å²) in [5.74, 6) is 0. The van der Waals surface area contributed by atoms with Gasteiger partial charge in [-0.25, -0.2) is 4.84 Å². The summed E-state index contributed by atoms with van der Waals surface area (Å²) in [5.41, 5.74) is 1.64. The zero-order valence-corrected chi connectivity index (χ0v) is 6.86. The van der Waals surface area contributed by atoms with Gasteiger partial charge in [0.05, 0.1) is 10.5 Å². The third-order valence-corrected chi connectivity index (χ3v) is 2.07. The predicted molar refractivity (Wildman–Crippen MR) is 43.8 cm³/mol. The van der Waals surface area contributed by atoms with Crippen molar-refractivity contribution in [3.8, 4) is 0 Å². The van der Waals surface area contributed by atoms with Crippen LogP contribution in [0.2, 0.25) is 0 Å². The highest BCUT2D eigenvalue weighted by Gasteiger charge is 2.37. The Morgan fingerprint density at radius 2 is 2.25 bits per heavy atom. The Bertz CT molecular complexity index is 322. The van der Waals surface area contributed by atoms with Crippen molar-refractivity contribution in [3.63, 3.8) is 0 Å². The molecule has 3 nitrogen and oxygen atoms in total. The van der Waals surface area contributed by atoms with Gasteiger partial charge in [0.2, 0.25) is 6.10 Å². The van der Waals surface area contributed by atoms with Crippen LogP contribution in [0.15, 0.2) is 24.3 Å². The second kappa shape index (κ2) is 2.59. The standard InChI is InChI=1S/C9H10NO2/c1-2-9-7-5-3-4-6-8(7)10(11)12-9/h3-6,9H,2H2,1H3/q+1. The Morgan fingerprint density at radius 3 is 3.00 bits per heavy atom. The van der Waals surface area contributed by atoms with Crippen molar-refractivity contribution in [1.82, 2.24) is 0 Å². The maximum atomic E-state index is 11.1. The molecule has 0 fully saturated rings. The fraction of sp³-hybridized carbons (Fsp3) is 0.333. The molecule has 0 saturated heterocycles. The summed E-state index contributed by atoms with van der Waals surface area (Å²) in [6.07, 6.45) is 0.772. The average Bonchev–Trinajstić information content (AvgIpc) is 2.44. The molecule has 1 aliphatic rings. The van der Waals surface area contributed by atoms with E-state index in [9.17, 15) is 4.91 Å². The minimum Gasteiger partial charge on any atom is -0.218 e. The van der Waals surface area contributed by atoms with Gasteiger partial charge in [0.15, 0.2) is 0 Å². The van der Waals surface area contributed by atoms with Crippen molar-refractivity contribution in [2.24, 2.45) is 0 Å². The molecule has 3 heteroatoms. The molecular formula is C9H10NO2+. The van der Waals surface area contributed by atoms with Gasteiger partial charge in [0.1, 0.15) is 0 Å². The molecule has 12 heavy (non-hydrogen) atoms. The van der Waals surface area contributed by atoms with E-state index in [1.54, 1.807) is 6.07 Å². The molecule has 0 amide bonds. The van der Waals surface area contributed by atoms with Crippen molar-refractivity contribution in [2.75, 3.05) is 0 Å². The molecule has 62 valence electrons. The lowest BCUT2D eigenvalue weighted by molar-refractivity contribution is -0.745. The van der Waals surface area contributed by atoms with Crippen LogP contribution >= 0.6 is 0 Å². The van der Waals surface area contributed by atoms with Gasteiger partial charge in [-0.05, 0) is 12.5 Å². The van der Waals surface area contributed by atoms with Crippen molar-refractivity contribution in [3.05, 3.63) is 34.7 Å². The van der Waals surface area contributed by atoms with Gasteiger partial charge in [0, 0.05) is 6.07 Å². The van der Waals surface area contributed by atoms with Gasteiger partial charge in [-0.2, -0.15) is 0 Å². The Labute approximate surface area is 70.5 Å². The summed E-state index contributed by atoms with van der Waals surface area (Å²) in [7, 11) is 0. The SMILES string of the molecule is CCC1O[N+](=O)c2ccccc21. The van der Waals surface area contributed by atoms with Crippen molar-refractivity contribution in [2.45, 2.75) is 19.4 Å². The van der Waals surface area contributed by atoms with Crippen LogP contribution in [-0.2, 0) is 4.84 Å². The van der Waals surface area contributed by atoms with E-state index in [0.29, 0.717) is 10.6 Å². The Morgan fingerprint density at radius 1 is 1.50 bits per heavy atom. The van der Waals surface area contributed by atoms with Crippen molar-refractivity contribution in [1.29, 1.82) is 0 Å².